The number of anilines is 1. The van der Waals surface area contributed by atoms with Crippen LogP contribution < -0.4 is 15.4 Å². The summed E-state index contributed by atoms with van der Waals surface area (Å²) in [7, 11) is 0. The Morgan fingerprint density at radius 2 is 1.76 bits per heavy atom. The van der Waals surface area contributed by atoms with Crippen molar-refractivity contribution in [3.63, 3.8) is 0 Å². The van der Waals surface area contributed by atoms with Gasteiger partial charge in [-0.3, -0.25) is 9.59 Å². The highest BCUT2D eigenvalue weighted by Crippen LogP contribution is 2.25. The first-order chi connectivity index (χ1) is 12.0. The maximum Gasteiger partial charge on any atom is 0.226 e. The molecule has 2 amide bonds. The number of hydrogen-bond donors (Lipinski definition) is 2. The zero-order chi connectivity index (χ0) is 18.2. The number of hydrogen-bond acceptors (Lipinski definition) is 3. The van der Waals surface area contributed by atoms with Crippen molar-refractivity contribution in [1.82, 2.24) is 5.32 Å². The van der Waals surface area contributed by atoms with Crippen molar-refractivity contribution in [2.24, 2.45) is 0 Å². The van der Waals surface area contributed by atoms with Crippen LogP contribution in [0, 0.1) is 6.92 Å². The third-order valence-electron chi connectivity index (χ3n) is 3.71. The summed E-state index contributed by atoms with van der Waals surface area (Å²) in [4.78, 5) is 24.0. The second kappa shape index (κ2) is 8.87. The second-order valence-corrected chi connectivity index (χ2v) is 5.85. The van der Waals surface area contributed by atoms with E-state index in [9.17, 15) is 9.59 Å². The monoisotopic (exact) mass is 340 g/mol. The largest absolute Gasteiger partial charge is 0.492 e. The lowest BCUT2D eigenvalue weighted by atomic mass is 10.0. The molecular weight excluding hydrogens is 316 g/mol. The average molecular weight is 340 g/mol. The van der Waals surface area contributed by atoms with Crippen LogP contribution in [0.25, 0.3) is 0 Å². The van der Waals surface area contributed by atoms with Crippen molar-refractivity contribution in [3.8, 4) is 5.75 Å². The van der Waals surface area contributed by atoms with Gasteiger partial charge in [-0.15, -0.1) is 0 Å². The summed E-state index contributed by atoms with van der Waals surface area (Å²) in [5, 5.41) is 5.71. The molecule has 132 valence electrons. The standard InChI is InChI=1S/C20H24N2O3/c1-4-25-19-8-6-5-7-17(19)22-20(24)13-18(21-15(3)23)16-11-9-14(2)10-12-16/h5-12,18H,4,13H2,1-3H3,(H,21,23)(H,22,24)/t18-/m0/s1. The van der Waals surface area contributed by atoms with Gasteiger partial charge in [0.2, 0.25) is 11.8 Å². The minimum atomic E-state index is -0.377. The third kappa shape index (κ3) is 5.64. The number of aryl methyl sites for hydroxylation is 1. The highest BCUT2D eigenvalue weighted by Gasteiger charge is 2.18. The minimum absolute atomic E-state index is 0.142. The summed E-state index contributed by atoms with van der Waals surface area (Å²) in [6.45, 7) is 5.85. The Bertz CT molecular complexity index is 726. The lowest BCUT2D eigenvalue weighted by Gasteiger charge is -2.19. The van der Waals surface area contributed by atoms with E-state index in [1.807, 2.05) is 56.3 Å². The Labute approximate surface area is 148 Å². The normalized spacial score (nSPS) is 11.5. The van der Waals surface area contributed by atoms with E-state index in [1.165, 1.54) is 6.92 Å². The predicted octanol–water partition coefficient (Wildman–Crippen LogP) is 3.60. The molecule has 0 aliphatic heterocycles. The summed E-state index contributed by atoms with van der Waals surface area (Å²) in [6, 6.07) is 14.7. The molecule has 0 saturated carbocycles. The van der Waals surface area contributed by atoms with Crippen molar-refractivity contribution in [2.75, 3.05) is 11.9 Å². The summed E-state index contributed by atoms with van der Waals surface area (Å²) >= 11 is 0. The minimum Gasteiger partial charge on any atom is -0.492 e. The van der Waals surface area contributed by atoms with Gasteiger partial charge in [-0.1, -0.05) is 42.0 Å². The fourth-order valence-electron chi connectivity index (χ4n) is 2.53. The van der Waals surface area contributed by atoms with Crippen LogP contribution in [0.4, 0.5) is 5.69 Å². The molecule has 0 saturated heterocycles. The number of carbonyl (C=O) groups excluding carboxylic acids is 2. The molecule has 0 bridgehead atoms. The SMILES string of the molecule is CCOc1ccccc1NC(=O)C[C@H](NC(C)=O)c1ccc(C)cc1. The average Bonchev–Trinajstić information content (AvgIpc) is 2.56. The van der Waals surface area contributed by atoms with Gasteiger partial charge in [0, 0.05) is 6.92 Å². The molecule has 1 atom stereocenters. The van der Waals surface area contributed by atoms with Gasteiger partial charge < -0.3 is 15.4 Å². The fourth-order valence-corrected chi connectivity index (χ4v) is 2.53. The van der Waals surface area contributed by atoms with Crippen LogP contribution in [0.5, 0.6) is 5.75 Å². The van der Waals surface area contributed by atoms with E-state index in [-0.39, 0.29) is 24.3 Å². The molecule has 0 aromatic heterocycles. The van der Waals surface area contributed by atoms with E-state index in [1.54, 1.807) is 6.07 Å². The Hall–Kier alpha value is -2.82. The van der Waals surface area contributed by atoms with Crippen LogP contribution >= 0.6 is 0 Å². The van der Waals surface area contributed by atoms with Gasteiger partial charge >= 0.3 is 0 Å². The quantitative estimate of drug-likeness (QED) is 0.809. The maximum absolute atomic E-state index is 12.5. The zero-order valence-electron chi connectivity index (χ0n) is 14.8. The van der Waals surface area contributed by atoms with Crippen molar-refractivity contribution >= 4 is 17.5 Å². The summed E-state index contributed by atoms with van der Waals surface area (Å²) in [5.74, 6) is 0.268. The summed E-state index contributed by atoms with van der Waals surface area (Å²) in [5.41, 5.74) is 2.65. The van der Waals surface area contributed by atoms with E-state index in [0.717, 1.165) is 11.1 Å². The molecule has 25 heavy (non-hydrogen) atoms. The van der Waals surface area contributed by atoms with Crippen LogP contribution in [-0.2, 0) is 9.59 Å². The first kappa shape index (κ1) is 18.5. The van der Waals surface area contributed by atoms with Crippen molar-refractivity contribution in [3.05, 3.63) is 59.7 Å². The Morgan fingerprint density at radius 1 is 1.08 bits per heavy atom. The van der Waals surface area contributed by atoms with E-state index < -0.39 is 0 Å². The molecule has 0 aliphatic rings. The fraction of sp³-hybridized carbons (Fsp3) is 0.300. The van der Waals surface area contributed by atoms with Crippen molar-refractivity contribution < 1.29 is 14.3 Å². The molecule has 0 aliphatic carbocycles. The van der Waals surface area contributed by atoms with Gasteiger partial charge in [-0.25, -0.2) is 0 Å². The number of ether oxygens (including phenoxy) is 1. The number of amides is 2. The van der Waals surface area contributed by atoms with Crippen LogP contribution in [0.15, 0.2) is 48.5 Å². The predicted molar refractivity (Wildman–Crippen MR) is 98.6 cm³/mol. The van der Waals surface area contributed by atoms with E-state index >= 15 is 0 Å². The molecule has 0 heterocycles. The van der Waals surface area contributed by atoms with Crippen molar-refractivity contribution in [1.29, 1.82) is 0 Å². The number of nitrogens with one attached hydrogen (secondary N) is 2. The van der Waals surface area contributed by atoms with Gasteiger partial charge in [0.05, 0.1) is 24.8 Å². The molecule has 0 spiro atoms. The number of rotatable bonds is 7. The molecule has 0 radical (unpaired) electrons. The molecule has 2 rings (SSSR count). The lowest BCUT2D eigenvalue weighted by Crippen LogP contribution is -2.29. The zero-order valence-corrected chi connectivity index (χ0v) is 14.8. The van der Waals surface area contributed by atoms with E-state index in [0.29, 0.717) is 18.0 Å². The highest BCUT2D eigenvalue weighted by atomic mass is 16.5. The molecule has 5 nitrogen and oxygen atoms in total. The first-order valence-electron chi connectivity index (χ1n) is 8.35. The van der Waals surface area contributed by atoms with E-state index in [2.05, 4.69) is 10.6 Å². The van der Waals surface area contributed by atoms with Gasteiger partial charge in [0.1, 0.15) is 5.75 Å². The molecule has 2 N–H and O–H groups in total. The van der Waals surface area contributed by atoms with Gasteiger partial charge in [-0.2, -0.15) is 0 Å². The van der Waals surface area contributed by atoms with Gasteiger partial charge in [0.25, 0.3) is 0 Å². The van der Waals surface area contributed by atoms with E-state index in [4.69, 9.17) is 4.74 Å². The molecule has 2 aromatic rings. The smallest absolute Gasteiger partial charge is 0.226 e. The molecule has 0 unspecified atom stereocenters. The van der Waals surface area contributed by atoms with Crippen LogP contribution in [-0.4, -0.2) is 18.4 Å². The number of benzene rings is 2. The molecule has 0 fully saturated rings. The van der Waals surface area contributed by atoms with Crippen LogP contribution in [0.3, 0.4) is 0 Å². The van der Waals surface area contributed by atoms with Crippen molar-refractivity contribution in [2.45, 2.75) is 33.2 Å². The maximum atomic E-state index is 12.5. The lowest BCUT2D eigenvalue weighted by molar-refractivity contribution is -0.120. The Morgan fingerprint density at radius 3 is 2.40 bits per heavy atom. The third-order valence-corrected chi connectivity index (χ3v) is 3.71. The summed E-state index contributed by atoms with van der Waals surface area (Å²) in [6.07, 6.45) is 0.142. The molecule has 5 heteroatoms. The van der Waals surface area contributed by atoms with Crippen LogP contribution in [0.2, 0.25) is 0 Å². The second-order valence-electron chi connectivity index (χ2n) is 5.85. The Kier molecular flexibility index (Phi) is 6.57. The van der Waals surface area contributed by atoms with Gasteiger partial charge in [0.15, 0.2) is 0 Å². The van der Waals surface area contributed by atoms with Crippen LogP contribution in [0.1, 0.15) is 37.4 Å². The molecule has 2 aromatic carbocycles. The molecular formula is C20H24N2O3. The Balaban J connectivity index is 2.11. The number of para-hydroxylation sites is 2. The number of carbonyl (C=O) groups is 2. The van der Waals surface area contributed by atoms with Gasteiger partial charge in [-0.05, 0) is 31.5 Å². The summed E-state index contributed by atoms with van der Waals surface area (Å²) < 4.78 is 5.52. The highest BCUT2D eigenvalue weighted by molar-refractivity contribution is 5.93. The first-order valence-corrected chi connectivity index (χ1v) is 8.35. The topological polar surface area (TPSA) is 67.4 Å².